The third-order valence-electron chi connectivity index (χ3n) is 2.62. The number of hydrogen-bond acceptors (Lipinski definition) is 1. The van der Waals surface area contributed by atoms with Gasteiger partial charge in [-0.1, -0.05) is 27.5 Å². The molecule has 98 valence electrons. The number of aryl methyl sites for hydroxylation is 1. The van der Waals surface area contributed by atoms with Crippen molar-refractivity contribution in [3.8, 4) is 0 Å². The number of amides is 1. The number of benzene rings is 2. The maximum absolute atomic E-state index is 12.1. The Kier molecular flexibility index (Phi) is 4.66. The zero-order valence-corrected chi connectivity index (χ0v) is 13.9. The van der Waals surface area contributed by atoms with Crippen molar-refractivity contribution in [1.29, 1.82) is 0 Å². The highest BCUT2D eigenvalue weighted by Crippen LogP contribution is 2.24. The van der Waals surface area contributed by atoms with E-state index in [0.717, 1.165) is 20.2 Å². The second kappa shape index (κ2) is 6.07. The third kappa shape index (κ3) is 3.59. The number of hydrogen-bond donors (Lipinski definition) is 1. The highest BCUT2D eigenvalue weighted by atomic mass is 79.9. The molecule has 0 atom stereocenters. The minimum absolute atomic E-state index is 0.181. The molecular weight excluding hydrogens is 393 g/mol. The number of carbonyl (C=O) groups is 1. The average Bonchev–Trinajstić information content (AvgIpc) is 2.36. The predicted molar refractivity (Wildman–Crippen MR) is 86.0 cm³/mol. The zero-order chi connectivity index (χ0) is 14.0. The Morgan fingerprint density at radius 1 is 1.16 bits per heavy atom. The minimum atomic E-state index is -0.181. The Labute approximate surface area is 133 Å². The van der Waals surface area contributed by atoms with Gasteiger partial charge in [0.05, 0.1) is 5.02 Å². The van der Waals surface area contributed by atoms with Gasteiger partial charge in [-0.05, 0) is 64.8 Å². The zero-order valence-electron chi connectivity index (χ0n) is 10.0. The van der Waals surface area contributed by atoms with Gasteiger partial charge in [0.25, 0.3) is 5.91 Å². The van der Waals surface area contributed by atoms with Crippen molar-refractivity contribution in [3.63, 3.8) is 0 Å². The molecule has 5 heteroatoms. The van der Waals surface area contributed by atoms with E-state index in [2.05, 4.69) is 37.2 Å². The summed E-state index contributed by atoms with van der Waals surface area (Å²) in [5.74, 6) is -0.181. The summed E-state index contributed by atoms with van der Waals surface area (Å²) in [5, 5.41) is 3.38. The number of carbonyl (C=O) groups excluding carboxylic acids is 1. The molecule has 0 unspecified atom stereocenters. The van der Waals surface area contributed by atoms with Gasteiger partial charge in [0.2, 0.25) is 0 Å². The Morgan fingerprint density at radius 2 is 1.89 bits per heavy atom. The van der Waals surface area contributed by atoms with Crippen molar-refractivity contribution in [3.05, 3.63) is 61.5 Å². The first-order valence-corrected chi connectivity index (χ1v) is 7.46. The van der Waals surface area contributed by atoms with E-state index in [1.165, 1.54) is 0 Å². The normalized spacial score (nSPS) is 10.3. The van der Waals surface area contributed by atoms with Gasteiger partial charge in [-0.15, -0.1) is 0 Å². The number of halogens is 3. The topological polar surface area (TPSA) is 29.1 Å². The van der Waals surface area contributed by atoms with Gasteiger partial charge < -0.3 is 5.32 Å². The highest BCUT2D eigenvalue weighted by molar-refractivity contribution is 9.10. The molecule has 2 nitrogen and oxygen atoms in total. The monoisotopic (exact) mass is 401 g/mol. The van der Waals surface area contributed by atoms with Crippen LogP contribution in [0.25, 0.3) is 0 Å². The molecule has 0 heterocycles. The Morgan fingerprint density at radius 3 is 2.53 bits per heavy atom. The van der Waals surface area contributed by atoms with E-state index in [1.54, 1.807) is 18.2 Å². The van der Waals surface area contributed by atoms with Crippen molar-refractivity contribution in [2.45, 2.75) is 6.92 Å². The van der Waals surface area contributed by atoms with Gasteiger partial charge in [-0.3, -0.25) is 4.79 Å². The quantitative estimate of drug-likeness (QED) is 0.712. The van der Waals surface area contributed by atoms with Gasteiger partial charge in [0, 0.05) is 20.2 Å². The molecule has 0 bridgehead atoms. The molecule has 2 aromatic rings. The van der Waals surface area contributed by atoms with Crippen molar-refractivity contribution in [1.82, 2.24) is 0 Å². The van der Waals surface area contributed by atoms with Crippen LogP contribution in [-0.4, -0.2) is 5.91 Å². The van der Waals surface area contributed by atoms with Crippen LogP contribution < -0.4 is 5.32 Å². The average molecular weight is 404 g/mol. The van der Waals surface area contributed by atoms with Crippen LogP contribution in [0.2, 0.25) is 5.02 Å². The summed E-state index contributed by atoms with van der Waals surface area (Å²) < 4.78 is 1.75. The summed E-state index contributed by atoms with van der Waals surface area (Å²) in [6, 6.07) is 10.8. The summed E-state index contributed by atoms with van der Waals surface area (Å²) in [6.07, 6.45) is 0. The SMILES string of the molecule is Cc1cc(Br)ccc1NC(=O)c1ccc(Br)c(Cl)c1. The van der Waals surface area contributed by atoms with E-state index in [0.29, 0.717) is 10.6 Å². The standard InChI is InChI=1S/C14H10Br2ClNO/c1-8-6-10(15)3-5-13(8)18-14(19)9-2-4-11(16)12(17)7-9/h2-7H,1H3,(H,18,19). The number of rotatable bonds is 2. The first kappa shape index (κ1) is 14.6. The lowest BCUT2D eigenvalue weighted by Crippen LogP contribution is -2.12. The van der Waals surface area contributed by atoms with Crippen molar-refractivity contribution in [2.75, 3.05) is 5.32 Å². The van der Waals surface area contributed by atoms with Crippen molar-refractivity contribution in [2.24, 2.45) is 0 Å². The van der Waals surface area contributed by atoms with Crippen molar-refractivity contribution >= 4 is 55.1 Å². The molecule has 0 fully saturated rings. The summed E-state index contributed by atoms with van der Waals surface area (Å²) in [5.41, 5.74) is 2.30. The molecule has 0 aliphatic heterocycles. The van der Waals surface area contributed by atoms with E-state index >= 15 is 0 Å². The number of anilines is 1. The molecule has 0 saturated heterocycles. The highest BCUT2D eigenvalue weighted by Gasteiger charge is 2.09. The van der Waals surface area contributed by atoms with Crippen LogP contribution in [0.5, 0.6) is 0 Å². The molecule has 0 aromatic heterocycles. The maximum Gasteiger partial charge on any atom is 0.255 e. The van der Waals surface area contributed by atoms with Crippen LogP contribution in [0.4, 0.5) is 5.69 Å². The molecule has 0 aliphatic rings. The van der Waals surface area contributed by atoms with Gasteiger partial charge in [0.15, 0.2) is 0 Å². The Balaban J connectivity index is 2.23. The van der Waals surface area contributed by atoms with E-state index in [9.17, 15) is 4.79 Å². The second-order valence-corrected chi connectivity index (χ2v) is 6.22. The predicted octanol–water partition coefficient (Wildman–Crippen LogP) is 5.43. The van der Waals surface area contributed by atoms with Crippen molar-refractivity contribution < 1.29 is 4.79 Å². The molecule has 0 aliphatic carbocycles. The molecular formula is C14H10Br2ClNO. The fourth-order valence-electron chi connectivity index (χ4n) is 1.60. The van der Waals surface area contributed by atoms with Crippen LogP contribution in [-0.2, 0) is 0 Å². The lowest BCUT2D eigenvalue weighted by molar-refractivity contribution is 0.102. The molecule has 1 amide bonds. The fraction of sp³-hybridized carbons (Fsp3) is 0.0714. The summed E-state index contributed by atoms with van der Waals surface area (Å²) in [6.45, 7) is 1.94. The van der Waals surface area contributed by atoms with Crippen LogP contribution >= 0.6 is 43.5 Å². The molecule has 19 heavy (non-hydrogen) atoms. The molecule has 0 spiro atoms. The maximum atomic E-state index is 12.1. The Bertz CT molecular complexity index is 643. The smallest absolute Gasteiger partial charge is 0.255 e. The first-order valence-electron chi connectivity index (χ1n) is 5.50. The van der Waals surface area contributed by atoms with E-state index in [4.69, 9.17) is 11.6 Å². The van der Waals surface area contributed by atoms with Gasteiger partial charge in [0.1, 0.15) is 0 Å². The molecule has 1 N–H and O–H groups in total. The summed E-state index contributed by atoms with van der Waals surface area (Å²) in [7, 11) is 0. The largest absolute Gasteiger partial charge is 0.322 e. The van der Waals surface area contributed by atoms with Gasteiger partial charge >= 0.3 is 0 Å². The van der Waals surface area contributed by atoms with Crippen LogP contribution in [0.1, 0.15) is 15.9 Å². The van der Waals surface area contributed by atoms with E-state index in [-0.39, 0.29) is 5.91 Å². The Hall–Kier alpha value is -0.840. The van der Waals surface area contributed by atoms with Gasteiger partial charge in [-0.25, -0.2) is 0 Å². The summed E-state index contributed by atoms with van der Waals surface area (Å²) in [4.78, 5) is 12.1. The lowest BCUT2D eigenvalue weighted by Gasteiger charge is -2.09. The second-order valence-electron chi connectivity index (χ2n) is 4.04. The van der Waals surface area contributed by atoms with Crippen LogP contribution in [0.3, 0.4) is 0 Å². The minimum Gasteiger partial charge on any atom is -0.322 e. The fourth-order valence-corrected chi connectivity index (χ4v) is 2.50. The van der Waals surface area contributed by atoms with Crippen LogP contribution in [0.15, 0.2) is 45.3 Å². The third-order valence-corrected chi connectivity index (χ3v) is 4.34. The molecule has 0 radical (unpaired) electrons. The van der Waals surface area contributed by atoms with Gasteiger partial charge in [-0.2, -0.15) is 0 Å². The molecule has 2 aromatic carbocycles. The van der Waals surface area contributed by atoms with Crippen LogP contribution in [0, 0.1) is 6.92 Å². The lowest BCUT2D eigenvalue weighted by atomic mass is 10.1. The summed E-state index contributed by atoms with van der Waals surface area (Å²) >= 11 is 12.7. The molecule has 0 saturated carbocycles. The van der Waals surface area contributed by atoms with E-state index in [1.807, 2.05) is 25.1 Å². The molecule has 2 rings (SSSR count). The van der Waals surface area contributed by atoms with E-state index < -0.39 is 0 Å². The first-order chi connectivity index (χ1) is 8.97. The number of nitrogens with one attached hydrogen (secondary N) is 1.